The molecule has 1 unspecified atom stereocenters. The molecular weight excluding hydrogens is 188 g/mol. The summed E-state index contributed by atoms with van der Waals surface area (Å²) >= 11 is 1.33. The summed E-state index contributed by atoms with van der Waals surface area (Å²) in [5, 5.41) is 23.2. The highest BCUT2D eigenvalue weighted by molar-refractivity contribution is 7.13. The third-order valence-corrected chi connectivity index (χ3v) is 2.56. The molecule has 1 aromatic rings. The molecule has 0 aliphatic rings. The Bertz CT molecular complexity index is 262. The number of hydrogen-bond acceptors (Lipinski definition) is 5. The first-order valence-electron chi connectivity index (χ1n) is 4.15. The van der Waals surface area contributed by atoms with E-state index in [0.717, 1.165) is 0 Å². The van der Waals surface area contributed by atoms with Crippen LogP contribution in [-0.4, -0.2) is 27.8 Å². The van der Waals surface area contributed by atoms with E-state index >= 15 is 0 Å². The molecule has 0 fully saturated rings. The van der Waals surface area contributed by atoms with E-state index in [0.29, 0.717) is 11.0 Å². The van der Waals surface area contributed by atoms with Crippen molar-refractivity contribution in [2.24, 2.45) is 5.92 Å². The number of aliphatic hydroxyl groups excluding tert-OH is 1. The highest BCUT2D eigenvalue weighted by Gasteiger charge is 2.13. The molecule has 1 rings (SSSR count). The zero-order chi connectivity index (χ0) is 9.84. The fourth-order valence-corrected chi connectivity index (χ4v) is 1.55. The van der Waals surface area contributed by atoms with Crippen LogP contribution in [0, 0.1) is 5.92 Å². The molecule has 0 bridgehead atoms. The van der Waals surface area contributed by atoms with Gasteiger partial charge in [-0.2, -0.15) is 4.98 Å². The van der Waals surface area contributed by atoms with Gasteiger partial charge in [0.2, 0.25) is 5.88 Å². The molecular formula is C8H14N2O2S. The van der Waals surface area contributed by atoms with E-state index in [9.17, 15) is 0 Å². The molecule has 3 N–H and O–H groups in total. The summed E-state index contributed by atoms with van der Waals surface area (Å²) in [5.41, 5.74) is 0. The van der Waals surface area contributed by atoms with Crippen molar-refractivity contribution >= 4 is 16.5 Å². The smallest absolute Gasteiger partial charge is 0.223 e. The number of hydrogen-bond donors (Lipinski definition) is 3. The third kappa shape index (κ3) is 2.86. The van der Waals surface area contributed by atoms with Gasteiger partial charge in [-0.1, -0.05) is 13.8 Å². The van der Waals surface area contributed by atoms with Crippen LogP contribution in [-0.2, 0) is 0 Å². The zero-order valence-corrected chi connectivity index (χ0v) is 8.51. The predicted octanol–water partition coefficient (Wildman–Crippen LogP) is 1.28. The van der Waals surface area contributed by atoms with Gasteiger partial charge in [0.1, 0.15) is 0 Å². The van der Waals surface area contributed by atoms with Crippen LogP contribution >= 0.6 is 11.3 Å². The summed E-state index contributed by atoms with van der Waals surface area (Å²) in [6.45, 7) is 4.10. The summed E-state index contributed by atoms with van der Waals surface area (Å²) in [4.78, 5) is 3.83. The van der Waals surface area contributed by atoms with Gasteiger partial charge in [-0.25, -0.2) is 0 Å². The Morgan fingerprint density at radius 2 is 2.31 bits per heavy atom. The average molecular weight is 202 g/mol. The third-order valence-electron chi connectivity index (χ3n) is 1.80. The molecule has 13 heavy (non-hydrogen) atoms. The van der Waals surface area contributed by atoms with Crippen molar-refractivity contribution in [1.29, 1.82) is 0 Å². The summed E-state index contributed by atoms with van der Waals surface area (Å²) in [6.07, 6.45) is 0. The van der Waals surface area contributed by atoms with Crippen LogP contribution in [0.15, 0.2) is 5.38 Å². The Kier molecular flexibility index (Phi) is 3.50. The van der Waals surface area contributed by atoms with Gasteiger partial charge in [-0.05, 0) is 5.92 Å². The van der Waals surface area contributed by atoms with Gasteiger partial charge in [0.05, 0.1) is 18.0 Å². The lowest BCUT2D eigenvalue weighted by atomic mass is 10.1. The van der Waals surface area contributed by atoms with Crippen molar-refractivity contribution in [2.75, 3.05) is 11.9 Å². The summed E-state index contributed by atoms with van der Waals surface area (Å²) in [7, 11) is 0. The fraction of sp³-hybridized carbons (Fsp3) is 0.625. The highest BCUT2D eigenvalue weighted by atomic mass is 32.1. The van der Waals surface area contributed by atoms with Crippen molar-refractivity contribution in [3.63, 3.8) is 0 Å². The summed E-state index contributed by atoms with van der Waals surface area (Å²) < 4.78 is 0. The summed E-state index contributed by atoms with van der Waals surface area (Å²) in [5.74, 6) is 0.351. The molecule has 4 nitrogen and oxygen atoms in total. The lowest BCUT2D eigenvalue weighted by Gasteiger charge is -2.18. The Labute approximate surface area is 81.3 Å². The van der Waals surface area contributed by atoms with Crippen molar-refractivity contribution in [1.82, 2.24) is 4.98 Å². The Balaban J connectivity index is 2.56. The number of aromatic nitrogens is 1. The van der Waals surface area contributed by atoms with Gasteiger partial charge in [-0.15, -0.1) is 11.3 Å². The maximum Gasteiger partial charge on any atom is 0.223 e. The van der Waals surface area contributed by atoms with Crippen LogP contribution in [0.3, 0.4) is 0 Å². The van der Waals surface area contributed by atoms with Crippen molar-refractivity contribution in [3.8, 4) is 5.88 Å². The molecule has 0 amide bonds. The molecule has 0 radical (unpaired) electrons. The number of aromatic hydroxyl groups is 1. The maximum absolute atomic E-state index is 9.02. The quantitative estimate of drug-likeness (QED) is 0.688. The molecule has 0 saturated carbocycles. The number of aliphatic hydroxyl groups is 1. The molecule has 1 heterocycles. The average Bonchev–Trinajstić information content (AvgIpc) is 2.46. The van der Waals surface area contributed by atoms with Crippen LogP contribution in [0.1, 0.15) is 13.8 Å². The van der Waals surface area contributed by atoms with Gasteiger partial charge < -0.3 is 15.5 Å². The molecule has 0 aliphatic heterocycles. The van der Waals surface area contributed by atoms with Crippen molar-refractivity contribution < 1.29 is 10.2 Å². The number of nitrogens with zero attached hydrogens (tertiary/aromatic N) is 1. The summed E-state index contributed by atoms with van der Waals surface area (Å²) in [6, 6.07) is -0.00875. The van der Waals surface area contributed by atoms with Crippen LogP contribution < -0.4 is 5.32 Å². The maximum atomic E-state index is 9.02. The topological polar surface area (TPSA) is 65.4 Å². The first kappa shape index (κ1) is 10.3. The Morgan fingerprint density at radius 1 is 1.62 bits per heavy atom. The molecule has 0 saturated heterocycles. The van der Waals surface area contributed by atoms with Gasteiger partial charge in [0.15, 0.2) is 5.13 Å². The standard InChI is InChI=1S/C8H14N2O2S/c1-5(2)6(3-11)9-8-10-7(12)4-13-8/h4-6,11-12H,3H2,1-2H3,(H,9,10). The molecule has 0 spiro atoms. The minimum Gasteiger partial charge on any atom is -0.493 e. The second kappa shape index (κ2) is 4.43. The normalized spacial score (nSPS) is 13.2. The van der Waals surface area contributed by atoms with E-state index in [4.69, 9.17) is 10.2 Å². The Morgan fingerprint density at radius 3 is 2.69 bits per heavy atom. The van der Waals surface area contributed by atoms with Crippen LogP contribution in [0.4, 0.5) is 5.13 Å². The molecule has 5 heteroatoms. The molecule has 1 atom stereocenters. The van der Waals surface area contributed by atoms with E-state index in [1.54, 1.807) is 5.38 Å². The minimum absolute atomic E-state index is 0.00875. The van der Waals surface area contributed by atoms with E-state index in [1.165, 1.54) is 11.3 Å². The predicted molar refractivity (Wildman–Crippen MR) is 53.1 cm³/mol. The van der Waals surface area contributed by atoms with Gasteiger partial charge in [-0.3, -0.25) is 0 Å². The van der Waals surface area contributed by atoms with E-state index in [-0.39, 0.29) is 18.5 Å². The van der Waals surface area contributed by atoms with Gasteiger partial charge in [0.25, 0.3) is 0 Å². The highest BCUT2D eigenvalue weighted by Crippen LogP contribution is 2.21. The Hall–Kier alpha value is -0.810. The second-order valence-electron chi connectivity index (χ2n) is 3.19. The van der Waals surface area contributed by atoms with E-state index < -0.39 is 0 Å². The zero-order valence-electron chi connectivity index (χ0n) is 7.69. The van der Waals surface area contributed by atoms with Crippen LogP contribution in [0.25, 0.3) is 0 Å². The largest absolute Gasteiger partial charge is 0.493 e. The van der Waals surface area contributed by atoms with Crippen molar-refractivity contribution in [2.45, 2.75) is 19.9 Å². The number of nitrogens with one attached hydrogen (secondary N) is 1. The molecule has 0 aliphatic carbocycles. The molecule has 74 valence electrons. The van der Waals surface area contributed by atoms with E-state index in [1.807, 2.05) is 13.8 Å². The second-order valence-corrected chi connectivity index (χ2v) is 4.05. The molecule has 1 aromatic heterocycles. The van der Waals surface area contributed by atoms with Gasteiger partial charge in [0, 0.05) is 0 Å². The number of rotatable bonds is 4. The first-order chi connectivity index (χ1) is 6.13. The number of thiazole rings is 1. The monoisotopic (exact) mass is 202 g/mol. The van der Waals surface area contributed by atoms with Gasteiger partial charge >= 0.3 is 0 Å². The van der Waals surface area contributed by atoms with Crippen LogP contribution in [0.2, 0.25) is 0 Å². The van der Waals surface area contributed by atoms with Crippen LogP contribution in [0.5, 0.6) is 5.88 Å². The lowest BCUT2D eigenvalue weighted by molar-refractivity contribution is 0.249. The number of anilines is 1. The SMILES string of the molecule is CC(C)C(CO)Nc1nc(O)cs1. The lowest BCUT2D eigenvalue weighted by Crippen LogP contribution is -2.29. The molecule has 0 aromatic carbocycles. The van der Waals surface area contributed by atoms with E-state index in [2.05, 4.69) is 10.3 Å². The first-order valence-corrected chi connectivity index (χ1v) is 5.03. The van der Waals surface area contributed by atoms with Crippen molar-refractivity contribution in [3.05, 3.63) is 5.38 Å². The fourth-order valence-electron chi connectivity index (χ4n) is 0.913. The minimum atomic E-state index is -0.00875.